The lowest BCUT2D eigenvalue weighted by Gasteiger charge is -2.08. The third kappa shape index (κ3) is 5.80. The van der Waals surface area contributed by atoms with Gasteiger partial charge in [0.25, 0.3) is 0 Å². The van der Waals surface area contributed by atoms with Gasteiger partial charge >= 0.3 is 0 Å². The molecule has 0 saturated carbocycles. The lowest BCUT2D eigenvalue weighted by molar-refractivity contribution is -0.121. The number of hydrogen-bond donors (Lipinski definition) is 1. The standard InChI is InChI=1S/C16H15BrClFN2O2/c17-11-5-6-15(12(18)9-11)23-8-2-4-16(22)21-10-14-13(19)3-1-7-20-14/h1,3,5-7,9H,2,4,8,10H2,(H,21,22). The summed E-state index contributed by atoms with van der Waals surface area (Å²) >= 11 is 9.34. The average Bonchev–Trinajstić information content (AvgIpc) is 2.52. The number of carbonyl (C=O) groups excluding carboxylic acids is 1. The summed E-state index contributed by atoms with van der Waals surface area (Å²) in [5.41, 5.74) is 0.221. The maximum absolute atomic E-state index is 13.4. The number of carbonyl (C=O) groups is 1. The monoisotopic (exact) mass is 400 g/mol. The first-order valence-electron chi connectivity index (χ1n) is 7.00. The number of halogens is 3. The van der Waals surface area contributed by atoms with Crippen LogP contribution >= 0.6 is 27.5 Å². The number of pyridine rings is 1. The molecule has 2 rings (SSSR count). The first kappa shape index (κ1) is 17.7. The smallest absolute Gasteiger partial charge is 0.220 e. The summed E-state index contributed by atoms with van der Waals surface area (Å²) in [7, 11) is 0. The van der Waals surface area contributed by atoms with Crippen molar-refractivity contribution in [1.29, 1.82) is 0 Å². The summed E-state index contributed by atoms with van der Waals surface area (Å²) in [6, 6.07) is 8.15. The van der Waals surface area contributed by atoms with Crippen LogP contribution in [-0.2, 0) is 11.3 Å². The fourth-order valence-electron chi connectivity index (χ4n) is 1.83. The number of ether oxygens (including phenoxy) is 1. The van der Waals surface area contributed by atoms with Crippen LogP contribution in [0.5, 0.6) is 5.75 Å². The van der Waals surface area contributed by atoms with E-state index in [0.29, 0.717) is 23.8 Å². The summed E-state index contributed by atoms with van der Waals surface area (Å²) in [6.45, 7) is 0.442. The molecule has 1 heterocycles. The van der Waals surface area contributed by atoms with Crippen LogP contribution in [0.25, 0.3) is 0 Å². The number of aromatic nitrogens is 1. The third-order valence-electron chi connectivity index (χ3n) is 2.99. The van der Waals surface area contributed by atoms with Gasteiger partial charge in [-0.25, -0.2) is 4.39 Å². The first-order valence-corrected chi connectivity index (χ1v) is 8.17. The molecule has 23 heavy (non-hydrogen) atoms. The van der Waals surface area contributed by atoms with E-state index >= 15 is 0 Å². The Balaban J connectivity index is 1.68. The van der Waals surface area contributed by atoms with Crippen molar-refractivity contribution in [2.24, 2.45) is 0 Å². The molecule has 0 saturated heterocycles. The van der Waals surface area contributed by atoms with E-state index < -0.39 is 5.82 Å². The molecule has 0 atom stereocenters. The van der Waals surface area contributed by atoms with Crippen molar-refractivity contribution in [3.05, 3.63) is 57.5 Å². The Morgan fingerprint density at radius 1 is 1.39 bits per heavy atom. The van der Waals surface area contributed by atoms with Gasteiger partial charge in [0.2, 0.25) is 5.91 Å². The van der Waals surface area contributed by atoms with E-state index in [1.807, 2.05) is 6.07 Å². The highest BCUT2D eigenvalue weighted by atomic mass is 79.9. The normalized spacial score (nSPS) is 10.4. The van der Waals surface area contributed by atoms with Crippen LogP contribution in [0.1, 0.15) is 18.5 Å². The number of rotatable bonds is 7. The summed E-state index contributed by atoms with van der Waals surface area (Å²) in [5.74, 6) is -0.0348. The van der Waals surface area contributed by atoms with E-state index in [1.165, 1.54) is 18.3 Å². The van der Waals surface area contributed by atoms with Crippen molar-refractivity contribution in [2.45, 2.75) is 19.4 Å². The van der Waals surface area contributed by atoms with Gasteiger partial charge in [-0.2, -0.15) is 0 Å². The summed E-state index contributed by atoms with van der Waals surface area (Å²) in [6.07, 6.45) is 2.30. The number of nitrogens with zero attached hydrogens (tertiary/aromatic N) is 1. The maximum Gasteiger partial charge on any atom is 0.220 e. The Morgan fingerprint density at radius 2 is 2.22 bits per heavy atom. The molecule has 1 aromatic carbocycles. The molecular formula is C16H15BrClFN2O2. The molecule has 1 N–H and O–H groups in total. The molecular weight excluding hydrogens is 387 g/mol. The highest BCUT2D eigenvalue weighted by Crippen LogP contribution is 2.27. The predicted molar refractivity (Wildman–Crippen MR) is 89.9 cm³/mol. The minimum atomic E-state index is -0.430. The third-order valence-corrected chi connectivity index (χ3v) is 3.78. The number of amides is 1. The molecule has 0 spiro atoms. The van der Waals surface area contributed by atoms with Crippen LogP contribution in [0.15, 0.2) is 41.0 Å². The van der Waals surface area contributed by atoms with Crippen LogP contribution in [0, 0.1) is 5.82 Å². The molecule has 2 aromatic rings. The number of hydrogen-bond acceptors (Lipinski definition) is 3. The van der Waals surface area contributed by atoms with Crippen LogP contribution < -0.4 is 10.1 Å². The molecule has 1 amide bonds. The van der Waals surface area contributed by atoms with E-state index in [4.69, 9.17) is 16.3 Å². The van der Waals surface area contributed by atoms with Gasteiger partial charge in [-0.3, -0.25) is 9.78 Å². The Bertz CT molecular complexity index is 685. The van der Waals surface area contributed by atoms with Gasteiger partial charge in [0, 0.05) is 17.1 Å². The Labute approximate surface area is 147 Å². The first-order chi connectivity index (χ1) is 11.1. The Hall–Kier alpha value is -1.66. The van der Waals surface area contributed by atoms with Crippen molar-refractivity contribution >= 4 is 33.4 Å². The summed E-state index contributed by atoms with van der Waals surface area (Å²) in [4.78, 5) is 15.6. The summed E-state index contributed by atoms with van der Waals surface area (Å²) in [5, 5.41) is 3.14. The second kappa shape index (κ2) is 8.84. The fraction of sp³-hybridized carbons (Fsp3) is 0.250. The molecule has 0 unspecified atom stereocenters. The molecule has 4 nitrogen and oxygen atoms in total. The minimum Gasteiger partial charge on any atom is -0.492 e. The zero-order chi connectivity index (χ0) is 16.7. The predicted octanol–water partition coefficient (Wildman–Crippen LogP) is 4.11. The number of benzene rings is 1. The van der Waals surface area contributed by atoms with Gasteiger partial charge in [0.15, 0.2) is 0 Å². The Kier molecular flexibility index (Phi) is 6.80. The molecule has 7 heteroatoms. The molecule has 122 valence electrons. The zero-order valence-corrected chi connectivity index (χ0v) is 14.5. The van der Waals surface area contributed by atoms with Crippen LogP contribution in [0.4, 0.5) is 4.39 Å². The largest absolute Gasteiger partial charge is 0.492 e. The van der Waals surface area contributed by atoms with E-state index in [9.17, 15) is 9.18 Å². The molecule has 0 fully saturated rings. The quantitative estimate of drug-likeness (QED) is 0.710. The molecule has 0 radical (unpaired) electrons. The number of nitrogens with one attached hydrogen (secondary N) is 1. The van der Waals surface area contributed by atoms with Crippen LogP contribution in [-0.4, -0.2) is 17.5 Å². The van der Waals surface area contributed by atoms with Crippen molar-refractivity contribution in [3.8, 4) is 5.75 Å². The van der Waals surface area contributed by atoms with E-state index in [2.05, 4.69) is 26.2 Å². The van der Waals surface area contributed by atoms with Crippen molar-refractivity contribution in [2.75, 3.05) is 6.61 Å². The van der Waals surface area contributed by atoms with Gasteiger partial charge in [-0.1, -0.05) is 27.5 Å². The van der Waals surface area contributed by atoms with Gasteiger partial charge in [-0.15, -0.1) is 0 Å². The van der Waals surface area contributed by atoms with Crippen molar-refractivity contribution in [1.82, 2.24) is 10.3 Å². The topological polar surface area (TPSA) is 51.2 Å². The molecule has 0 bridgehead atoms. The van der Waals surface area contributed by atoms with Crippen molar-refractivity contribution < 1.29 is 13.9 Å². The maximum atomic E-state index is 13.4. The summed E-state index contributed by atoms with van der Waals surface area (Å²) < 4.78 is 19.7. The van der Waals surface area contributed by atoms with Gasteiger partial charge in [0.1, 0.15) is 11.6 Å². The second-order valence-corrected chi connectivity index (χ2v) is 6.06. The van der Waals surface area contributed by atoms with E-state index in [0.717, 1.165) is 4.47 Å². The molecule has 0 aliphatic rings. The molecule has 0 aliphatic heterocycles. The van der Waals surface area contributed by atoms with Gasteiger partial charge < -0.3 is 10.1 Å². The van der Waals surface area contributed by atoms with Crippen molar-refractivity contribution in [3.63, 3.8) is 0 Å². The highest BCUT2D eigenvalue weighted by Gasteiger charge is 2.06. The van der Waals surface area contributed by atoms with Crippen LogP contribution in [0.2, 0.25) is 5.02 Å². The average molecular weight is 402 g/mol. The Morgan fingerprint density at radius 3 is 2.96 bits per heavy atom. The van der Waals surface area contributed by atoms with E-state index in [1.54, 1.807) is 12.1 Å². The second-order valence-electron chi connectivity index (χ2n) is 4.74. The molecule has 1 aromatic heterocycles. The minimum absolute atomic E-state index is 0.0743. The van der Waals surface area contributed by atoms with Gasteiger partial charge in [-0.05, 0) is 36.8 Å². The lowest BCUT2D eigenvalue weighted by Crippen LogP contribution is -2.24. The zero-order valence-electron chi connectivity index (χ0n) is 12.2. The van der Waals surface area contributed by atoms with E-state index in [-0.39, 0.29) is 24.6 Å². The SMILES string of the molecule is O=C(CCCOc1ccc(Br)cc1Cl)NCc1ncccc1F. The van der Waals surface area contributed by atoms with Crippen LogP contribution in [0.3, 0.4) is 0 Å². The lowest BCUT2D eigenvalue weighted by atomic mass is 10.3. The molecule has 0 aliphatic carbocycles. The van der Waals surface area contributed by atoms with Gasteiger partial charge in [0.05, 0.1) is 23.9 Å². The highest BCUT2D eigenvalue weighted by molar-refractivity contribution is 9.10. The fourth-order valence-corrected chi connectivity index (χ4v) is 2.55.